The van der Waals surface area contributed by atoms with Gasteiger partial charge in [-0.25, -0.2) is 0 Å². The van der Waals surface area contributed by atoms with E-state index in [1.807, 2.05) is 31.5 Å². The predicted octanol–water partition coefficient (Wildman–Crippen LogP) is 3.10. The zero-order valence-corrected chi connectivity index (χ0v) is 8.09. The number of hydrogen-bond donors (Lipinski definition) is 1. The van der Waals surface area contributed by atoms with E-state index in [-0.39, 0.29) is 0 Å². The summed E-state index contributed by atoms with van der Waals surface area (Å²) in [6, 6.07) is 5.88. The van der Waals surface area contributed by atoms with Gasteiger partial charge < -0.3 is 5.32 Å². The van der Waals surface area contributed by atoms with Crippen LogP contribution in [-0.2, 0) is 0 Å². The van der Waals surface area contributed by atoms with E-state index in [1.165, 1.54) is 4.90 Å². The van der Waals surface area contributed by atoms with E-state index < -0.39 is 0 Å². The highest BCUT2D eigenvalue weighted by Crippen LogP contribution is 2.31. The standard InChI is InChI=1S/C8H10ClNS/c1-10-8-6(9)4-3-5-7(8)11-2/h3-5,10H,1-2H3. The molecule has 0 bridgehead atoms. The first-order valence-electron chi connectivity index (χ1n) is 3.30. The fourth-order valence-electron chi connectivity index (χ4n) is 0.917. The third kappa shape index (κ3) is 1.82. The van der Waals surface area contributed by atoms with Gasteiger partial charge in [-0.3, -0.25) is 0 Å². The Hall–Kier alpha value is -0.340. The second kappa shape index (κ2) is 3.88. The minimum atomic E-state index is 0.777. The summed E-state index contributed by atoms with van der Waals surface area (Å²) in [5.74, 6) is 0. The molecule has 0 radical (unpaired) electrons. The van der Waals surface area contributed by atoms with Crippen LogP contribution in [0.3, 0.4) is 0 Å². The molecule has 0 atom stereocenters. The van der Waals surface area contributed by atoms with Crippen molar-refractivity contribution in [2.24, 2.45) is 0 Å². The SMILES string of the molecule is CNc1c(Cl)cccc1SC. The lowest BCUT2D eigenvalue weighted by molar-refractivity contribution is 1.39. The van der Waals surface area contributed by atoms with Crippen LogP contribution in [0.1, 0.15) is 0 Å². The number of halogens is 1. The Labute approximate surface area is 76.1 Å². The molecule has 0 aliphatic carbocycles. The van der Waals surface area contributed by atoms with Gasteiger partial charge in [-0.1, -0.05) is 17.7 Å². The Morgan fingerprint density at radius 1 is 1.45 bits per heavy atom. The number of thioether (sulfide) groups is 1. The van der Waals surface area contributed by atoms with Crippen LogP contribution in [0.2, 0.25) is 5.02 Å². The topological polar surface area (TPSA) is 12.0 Å². The van der Waals surface area contributed by atoms with Crippen molar-refractivity contribution in [1.29, 1.82) is 0 Å². The number of para-hydroxylation sites is 1. The quantitative estimate of drug-likeness (QED) is 0.715. The maximum atomic E-state index is 5.93. The van der Waals surface area contributed by atoms with Crippen molar-refractivity contribution in [3.63, 3.8) is 0 Å². The molecule has 1 aromatic carbocycles. The van der Waals surface area contributed by atoms with Gasteiger partial charge in [-0.15, -0.1) is 11.8 Å². The van der Waals surface area contributed by atoms with Crippen molar-refractivity contribution in [3.8, 4) is 0 Å². The van der Waals surface area contributed by atoms with Crippen molar-refractivity contribution in [2.75, 3.05) is 18.6 Å². The van der Waals surface area contributed by atoms with Gasteiger partial charge in [0, 0.05) is 11.9 Å². The Balaban J connectivity index is 3.13. The lowest BCUT2D eigenvalue weighted by atomic mass is 10.3. The van der Waals surface area contributed by atoms with Crippen molar-refractivity contribution in [2.45, 2.75) is 4.90 Å². The lowest BCUT2D eigenvalue weighted by Gasteiger charge is -2.07. The number of nitrogens with one attached hydrogen (secondary N) is 1. The molecule has 0 aliphatic rings. The highest BCUT2D eigenvalue weighted by molar-refractivity contribution is 7.98. The molecule has 3 heteroatoms. The molecule has 0 saturated carbocycles. The largest absolute Gasteiger partial charge is 0.386 e. The van der Waals surface area contributed by atoms with Crippen molar-refractivity contribution in [3.05, 3.63) is 23.2 Å². The van der Waals surface area contributed by atoms with Gasteiger partial charge in [0.25, 0.3) is 0 Å². The van der Waals surface area contributed by atoms with Crippen LogP contribution >= 0.6 is 23.4 Å². The van der Waals surface area contributed by atoms with E-state index in [4.69, 9.17) is 11.6 Å². The lowest BCUT2D eigenvalue weighted by Crippen LogP contribution is -1.90. The van der Waals surface area contributed by atoms with Gasteiger partial charge >= 0.3 is 0 Å². The third-order valence-electron chi connectivity index (χ3n) is 1.45. The molecule has 0 aliphatic heterocycles. The maximum absolute atomic E-state index is 5.93. The third-order valence-corrected chi connectivity index (χ3v) is 2.54. The van der Waals surface area contributed by atoms with Crippen LogP contribution < -0.4 is 5.32 Å². The van der Waals surface area contributed by atoms with Crippen molar-refractivity contribution < 1.29 is 0 Å². The second-order valence-electron chi connectivity index (χ2n) is 2.07. The van der Waals surface area contributed by atoms with E-state index in [1.54, 1.807) is 11.8 Å². The molecule has 60 valence electrons. The first-order valence-corrected chi connectivity index (χ1v) is 4.90. The van der Waals surface area contributed by atoms with Gasteiger partial charge in [-0.05, 0) is 18.4 Å². The van der Waals surface area contributed by atoms with Gasteiger partial charge in [-0.2, -0.15) is 0 Å². The summed E-state index contributed by atoms with van der Waals surface area (Å²) >= 11 is 7.62. The van der Waals surface area contributed by atoms with E-state index in [9.17, 15) is 0 Å². The van der Waals surface area contributed by atoms with Crippen LogP contribution in [0.25, 0.3) is 0 Å². The van der Waals surface area contributed by atoms with Gasteiger partial charge in [0.05, 0.1) is 10.7 Å². The minimum absolute atomic E-state index is 0.777. The van der Waals surface area contributed by atoms with Crippen LogP contribution in [-0.4, -0.2) is 13.3 Å². The molecule has 1 nitrogen and oxygen atoms in total. The summed E-state index contributed by atoms with van der Waals surface area (Å²) in [6.45, 7) is 0. The highest BCUT2D eigenvalue weighted by Gasteiger charge is 2.02. The average Bonchev–Trinajstić information content (AvgIpc) is 2.04. The monoisotopic (exact) mass is 187 g/mol. The van der Waals surface area contributed by atoms with E-state index >= 15 is 0 Å². The molecule has 0 saturated heterocycles. The zero-order valence-electron chi connectivity index (χ0n) is 6.52. The number of benzene rings is 1. The first-order chi connectivity index (χ1) is 5.29. The average molecular weight is 188 g/mol. The summed E-state index contributed by atoms with van der Waals surface area (Å²) in [4.78, 5) is 1.18. The number of anilines is 1. The molecule has 0 heterocycles. The normalized spacial score (nSPS) is 9.73. The highest BCUT2D eigenvalue weighted by atomic mass is 35.5. The van der Waals surface area contributed by atoms with Crippen LogP contribution in [0, 0.1) is 0 Å². The number of hydrogen-bond acceptors (Lipinski definition) is 2. The maximum Gasteiger partial charge on any atom is 0.0665 e. The second-order valence-corrected chi connectivity index (χ2v) is 3.32. The molecule has 0 fully saturated rings. The molecule has 0 amide bonds. The van der Waals surface area contributed by atoms with Crippen LogP contribution in [0.15, 0.2) is 23.1 Å². The summed E-state index contributed by atoms with van der Waals surface area (Å²) in [5.41, 5.74) is 1.02. The minimum Gasteiger partial charge on any atom is -0.386 e. The Morgan fingerprint density at radius 3 is 2.64 bits per heavy atom. The molecule has 11 heavy (non-hydrogen) atoms. The number of rotatable bonds is 2. The van der Waals surface area contributed by atoms with E-state index in [2.05, 4.69) is 5.32 Å². The van der Waals surface area contributed by atoms with Crippen LogP contribution in [0.4, 0.5) is 5.69 Å². The molecular formula is C8H10ClNS. The molecule has 0 spiro atoms. The molecular weight excluding hydrogens is 178 g/mol. The fourth-order valence-corrected chi connectivity index (χ4v) is 1.87. The molecule has 1 rings (SSSR count). The molecule has 1 aromatic rings. The summed E-state index contributed by atoms with van der Waals surface area (Å²) in [6.07, 6.45) is 2.03. The first kappa shape index (κ1) is 8.75. The van der Waals surface area contributed by atoms with Crippen molar-refractivity contribution >= 4 is 29.1 Å². The van der Waals surface area contributed by atoms with Gasteiger partial charge in [0.2, 0.25) is 0 Å². The fraction of sp³-hybridized carbons (Fsp3) is 0.250. The van der Waals surface area contributed by atoms with E-state index in [0.717, 1.165) is 10.7 Å². The predicted molar refractivity (Wildman–Crippen MR) is 52.8 cm³/mol. The Bertz CT molecular complexity index is 250. The van der Waals surface area contributed by atoms with Gasteiger partial charge in [0.15, 0.2) is 0 Å². The molecule has 1 N–H and O–H groups in total. The molecule has 0 aromatic heterocycles. The van der Waals surface area contributed by atoms with Crippen molar-refractivity contribution in [1.82, 2.24) is 0 Å². The summed E-state index contributed by atoms with van der Waals surface area (Å²) in [7, 11) is 1.88. The van der Waals surface area contributed by atoms with E-state index in [0.29, 0.717) is 0 Å². The summed E-state index contributed by atoms with van der Waals surface area (Å²) in [5, 5.41) is 3.84. The Morgan fingerprint density at radius 2 is 2.18 bits per heavy atom. The van der Waals surface area contributed by atoms with Crippen LogP contribution in [0.5, 0.6) is 0 Å². The Kier molecular flexibility index (Phi) is 3.09. The summed E-state index contributed by atoms with van der Waals surface area (Å²) < 4.78 is 0. The molecule has 0 unspecified atom stereocenters. The smallest absolute Gasteiger partial charge is 0.0665 e. The zero-order chi connectivity index (χ0) is 8.27. The van der Waals surface area contributed by atoms with Gasteiger partial charge in [0.1, 0.15) is 0 Å².